The van der Waals surface area contributed by atoms with E-state index in [9.17, 15) is 0 Å². The van der Waals surface area contributed by atoms with Crippen LogP contribution in [0.4, 0.5) is 0 Å². The second-order valence-electron chi connectivity index (χ2n) is 4.79. The van der Waals surface area contributed by atoms with E-state index in [0.717, 1.165) is 12.5 Å². The highest BCUT2D eigenvalue weighted by Gasteiger charge is 2.13. The topological polar surface area (TPSA) is 12.0 Å². The van der Waals surface area contributed by atoms with Crippen molar-refractivity contribution in [2.75, 3.05) is 6.54 Å². The Balaban J connectivity index is 2.49. The minimum atomic E-state index is 0.537. The largest absolute Gasteiger partial charge is 0.313 e. The Morgan fingerprint density at radius 3 is 2.13 bits per heavy atom. The van der Waals surface area contributed by atoms with Gasteiger partial charge in [-0.15, -0.1) is 0 Å². The molecule has 0 bridgehead atoms. The molecule has 2 unspecified atom stereocenters. The van der Waals surface area contributed by atoms with Gasteiger partial charge in [-0.3, -0.25) is 0 Å². The average molecular weight is 205 g/mol. The van der Waals surface area contributed by atoms with Crippen LogP contribution in [0, 0.1) is 5.92 Å². The molecule has 1 aromatic carbocycles. The second kappa shape index (κ2) is 5.92. The molecule has 2 atom stereocenters. The summed E-state index contributed by atoms with van der Waals surface area (Å²) in [5.74, 6) is 1.29. The van der Waals surface area contributed by atoms with Crippen molar-refractivity contribution >= 4 is 0 Å². The third-order valence-electron chi connectivity index (χ3n) is 2.92. The molecule has 1 nitrogen and oxygen atoms in total. The molecule has 15 heavy (non-hydrogen) atoms. The van der Waals surface area contributed by atoms with Gasteiger partial charge in [-0.2, -0.15) is 0 Å². The Morgan fingerprint density at radius 1 is 1.00 bits per heavy atom. The standard InChI is InChI=1S/C14H23N/c1-11(2)10-15-13(4)12(3)14-8-6-5-7-9-14/h5-9,11-13,15H,10H2,1-4H3. The highest BCUT2D eigenvalue weighted by atomic mass is 14.9. The lowest BCUT2D eigenvalue weighted by Crippen LogP contribution is -2.33. The maximum Gasteiger partial charge on any atom is 0.0105 e. The quantitative estimate of drug-likeness (QED) is 0.776. The van der Waals surface area contributed by atoms with Gasteiger partial charge in [0, 0.05) is 6.04 Å². The van der Waals surface area contributed by atoms with Gasteiger partial charge < -0.3 is 5.32 Å². The first-order valence-corrected chi connectivity index (χ1v) is 5.89. The Bertz CT molecular complexity index is 266. The van der Waals surface area contributed by atoms with Crippen LogP contribution in [0.15, 0.2) is 30.3 Å². The zero-order valence-corrected chi connectivity index (χ0v) is 10.3. The van der Waals surface area contributed by atoms with E-state index >= 15 is 0 Å². The molecule has 0 aliphatic heterocycles. The fourth-order valence-electron chi connectivity index (χ4n) is 1.64. The molecular formula is C14H23N. The van der Waals surface area contributed by atoms with Gasteiger partial charge in [0.1, 0.15) is 0 Å². The van der Waals surface area contributed by atoms with Crippen LogP contribution in [-0.4, -0.2) is 12.6 Å². The predicted molar refractivity (Wildman–Crippen MR) is 67.2 cm³/mol. The fourth-order valence-corrected chi connectivity index (χ4v) is 1.64. The van der Waals surface area contributed by atoms with Crippen molar-refractivity contribution in [1.29, 1.82) is 0 Å². The lowest BCUT2D eigenvalue weighted by Gasteiger charge is -2.22. The number of rotatable bonds is 5. The molecule has 0 saturated carbocycles. The minimum Gasteiger partial charge on any atom is -0.313 e. The van der Waals surface area contributed by atoms with Crippen molar-refractivity contribution in [3.63, 3.8) is 0 Å². The van der Waals surface area contributed by atoms with Crippen LogP contribution in [0.1, 0.15) is 39.2 Å². The van der Waals surface area contributed by atoms with E-state index in [1.165, 1.54) is 5.56 Å². The van der Waals surface area contributed by atoms with Crippen LogP contribution >= 0.6 is 0 Å². The van der Waals surface area contributed by atoms with Crippen LogP contribution in [0.3, 0.4) is 0 Å². The van der Waals surface area contributed by atoms with Gasteiger partial charge in [-0.05, 0) is 30.9 Å². The Hall–Kier alpha value is -0.820. The van der Waals surface area contributed by atoms with E-state index in [1.54, 1.807) is 0 Å². The molecular weight excluding hydrogens is 182 g/mol. The molecule has 1 heteroatoms. The Labute approximate surface area is 93.9 Å². The van der Waals surface area contributed by atoms with Gasteiger partial charge in [0.15, 0.2) is 0 Å². The highest BCUT2D eigenvalue weighted by Crippen LogP contribution is 2.18. The van der Waals surface area contributed by atoms with Crippen LogP contribution in [0.5, 0.6) is 0 Å². The van der Waals surface area contributed by atoms with Crippen LogP contribution < -0.4 is 5.32 Å². The van der Waals surface area contributed by atoms with Gasteiger partial charge in [0.25, 0.3) is 0 Å². The van der Waals surface area contributed by atoms with E-state index in [1.807, 2.05) is 0 Å². The third-order valence-corrected chi connectivity index (χ3v) is 2.92. The first-order chi connectivity index (χ1) is 7.11. The molecule has 0 aliphatic carbocycles. The molecule has 0 saturated heterocycles. The maximum atomic E-state index is 3.58. The molecule has 0 aliphatic rings. The highest BCUT2D eigenvalue weighted by molar-refractivity contribution is 5.20. The van der Waals surface area contributed by atoms with Crippen molar-refractivity contribution in [2.24, 2.45) is 5.92 Å². The molecule has 0 spiro atoms. The fraction of sp³-hybridized carbons (Fsp3) is 0.571. The van der Waals surface area contributed by atoms with Gasteiger partial charge in [-0.25, -0.2) is 0 Å². The Morgan fingerprint density at radius 2 is 1.60 bits per heavy atom. The first kappa shape index (κ1) is 12.3. The van der Waals surface area contributed by atoms with Gasteiger partial charge in [-0.1, -0.05) is 51.1 Å². The summed E-state index contributed by atoms with van der Waals surface area (Å²) >= 11 is 0. The van der Waals surface area contributed by atoms with Crippen LogP contribution in [0.25, 0.3) is 0 Å². The van der Waals surface area contributed by atoms with E-state index in [-0.39, 0.29) is 0 Å². The predicted octanol–water partition coefficient (Wildman–Crippen LogP) is 3.42. The smallest absolute Gasteiger partial charge is 0.0105 e. The van der Waals surface area contributed by atoms with Crippen LogP contribution in [0.2, 0.25) is 0 Å². The molecule has 1 N–H and O–H groups in total. The van der Waals surface area contributed by atoms with Gasteiger partial charge in [0.2, 0.25) is 0 Å². The molecule has 0 heterocycles. The monoisotopic (exact) mass is 205 g/mol. The van der Waals surface area contributed by atoms with Crippen LogP contribution in [-0.2, 0) is 0 Å². The van der Waals surface area contributed by atoms with Crippen molar-refractivity contribution in [2.45, 2.75) is 39.7 Å². The van der Waals surface area contributed by atoms with E-state index in [2.05, 4.69) is 63.3 Å². The first-order valence-electron chi connectivity index (χ1n) is 5.89. The molecule has 0 amide bonds. The number of hydrogen-bond donors (Lipinski definition) is 1. The normalized spacial score (nSPS) is 15.3. The van der Waals surface area contributed by atoms with Crippen molar-refractivity contribution in [3.05, 3.63) is 35.9 Å². The zero-order valence-electron chi connectivity index (χ0n) is 10.3. The van der Waals surface area contributed by atoms with Crippen molar-refractivity contribution in [1.82, 2.24) is 5.32 Å². The Kier molecular flexibility index (Phi) is 4.83. The molecule has 84 valence electrons. The summed E-state index contributed by atoms with van der Waals surface area (Å²) in [6.07, 6.45) is 0. The van der Waals surface area contributed by atoms with Crippen molar-refractivity contribution in [3.8, 4) is 0 Å². The summed E-state index contributed by atoms with van der Waals surface area (Å²) in [4.78, 5) is 0. The number of benzene rings is 1. The maximum absolute atomic E-state index is 3.58. The minimum absolute atomic E-state index is 0.537. The number of hydrogen-bond acceptors (Lipinski definition) is 1. The van der Waals surface area contributed by atoms with Gasteiger partial charge in [0.05, 0.1) is 0 Å². The zero-order chi connectivity index (χ0) is 11.3. The van der Waals surface area contributed by atoms with E-state index in [0.29, 0.717) is 12.0 Å². The van der Waals surface area contributed by atoms with Gasteiger partial charge >= 0.3 is 0 Å². The summed E-state index contributed by atoms with van der Waals surface area (Å²) < 4.78 is 0. The molecule has 1 rings (SSSR count). The summed E-state index contributed by atoms with van der Waals surface area (Å²) in [5.41, 5.74) is 1.42. The lowest BCUT2D eigenvalue weighted by atomic mass is 9.94. The van der Waals surface area contributed by atoms with E-state index in [4.69, 9.17) is 0 Å². The van der Waals surface area contributed by atoms with Crippen molar-refractivity contribution < 1.29 is 0 Å². The van der Waals surface area contributed by atoms with E-state index < -0.39 is 0 Å². The number of nitrogens with one attached hydrogen (secondary N) is 1. The molecule has 0 fully saturated rings. The second-order valence-corrected chi connectivity index (χ2v) is 4.79. The SMILES string of the molecule is CC(C)CNC(C)C(C)c1ccccc1. The summed E-state index contributed by atoms with van der Waals surface area (Å²) in [6.45, 7) is 10.1. The molecule has 0 aromatic heterocycles. The summed E-state index contributed by atoms with van der Waals surface area (Å²) in [7, 11) is 0. The summed E-state index contributed by atoms with van der Waals surface area (Å²) in [5, 5.41) is 3.58. The molecule has 0 radical (unpaired) electrons. The average Bonchev–Trinajstić information content (AvgIpc) is 2.26. The molecule has 1 aromatic rings. The third kappa shape index (κ3) is 4.05. The summed E-state index contributed by atoms with van der Waals surface area (Å²) in [6, 6.07) is 11.2. The lowest BCUT2D eigenvalue weighted by molar-refractivity contribution is 0.441.